The van der Waals surface area contributed by atoms with Crippen molar-refractivity contribution >= 4 is 17.7 Å². The molecule has 2 rings (SSSR count). The van der Waals surface area contributed by atoms with Crippen molar-refractivity contribution in [2.24, 2.45) is 5.73 Å². The number of ether oxygens (including phenoxy) is 1. The molecule has 1 aromatic carbocycles. The van der Waals surface area contributed by atoms with Crippen molar-refractivity contribution in [3.05, 3.63) is 29.3 Å². The molecule has 1 aliphatic heterocycles. The van der Waals surface area contributed by atoms with Crippen LogP contribution in [0.1, 0.15) is 17.5 Å². The third-order valence-electron chi connectivity index (χ3n) is 4.13. The lowest BCUT2D eigenvalue weighted by atomic mass is 10.1. The highest BCUT2D eigenvalue weighted by molar-refractivity contribution is 5.90. The number of primary amides is 1. The highest BCUT2D eigenvalue weighted by Crippen LogP contribution is 2.21. The zero-order valence-electron chi connectivity index (χ0n) is 14.5. The van der Waals surface area contributed by atoms with Gasteiger partial charge >= 0.3 is 0 Å². The number of nitrogens with two attached hydrogens (primary N) is 1. The molecule has 3 amide bonds. The molecule has 1 heterocycles. The smallest absolute Gasteiger partial charge is 0.237 e. The molecule has 0 saturated carbocycles. The highest BCUT2D eigenvalue weighted by Gasteiger charge is 2.31. The van der Waals surface area contributed by atoms with Crippen LogP contribution in [0.5, 0.6) is 5.75 Å². The topological polar surface area (TPSA) is 114 Å². The number of hydrogen-bond acceptors (Lipinski definition) is 5. The number of piperazine rings is 1. The number of nitrogens with zero attached hydrogens (tertiary/aromatic N) is 1. The van der Waals surface area contributed by atoms with Crippen LogP contribution >= 0.6 is 0 Å². The molecule has 1 atom stereocenters. The average molecular weight is 348 g/mol. The van der Waals surface area contributed by atoms with Gasteiger partial charge in [0.15, 0.2) is 0 Å². The first-order valence-electron chi connectivity index (χ1n) is 8.11. The molecule has 0 bridgehead atoms. The Morgan fingerprint density at radius 3 is 2.84 bits per heavy atom. The van der Waals surface area contributed by atoms with Gasteiger partial charge in [-0.05, 0) is 24.1 Å². The van der Waals surface area contributed by atoms with Crippen LogP contribution in [-0.4, -0.2) is 55.4 Å². The molecule has 1 saturated heterocycles. The number of benzene rings is 1. The molecule has 4 N–H and O–H groups in total. The number of nitrogens with one attached hydrogen (secondary N) is 2. The Morgan fingerprint density at radius 1 is 1.44 bits per heavy atom. The van der Waals surface area contributed by atoms with Crippen molar-refractivity contribution in [1.82, 2.24) is 15.5 Å². The van der Waals surface area contributed by atoms with E-state index in [1.807, 2.05) is 30.0 Å². The Kier molecular flexibility index (Phi) is 6.35. The molecule has 0 unspecified atom stereocenters. The molecule has 8 nitrogen and oxygen atoms in total. The molecule has 0 aromatic heterocycles. The molecular weight excluding hydrogens is 324 g/mol. The second-order valence-corrected chi connectivity index (χ2v) is 6.03. The summed E-state index contributed by atoms with van der Waals surface area (Å²) in [6.07, 6.45) is -0.0196. The number of amides is 3. The SMILES string of the molecule is COc1ccc(CN2CCNC(=O)[C@@H]2CC(=O)NCC(N)=O)cc1C. The van der Waals surface area contributed by atoms with E-state index in [1.165, 1.54) is 0 Å². The van der Waals surface area contributed by atoms with Gasteiger partial charge in [-0.3, -0.25) is 19.3 Å². The highest BCUT2D eigenvalue weighted by atomic mass is 16.5. The first-order chi connectivity index (χ1) is 11.9. The quantitative estimate of drug-likeness (QED) is 0.603. The van der Waals surface area contributed by atoms with E-state index in [4.69, 9.17) is 10.5 Å². The van der Waals surface area contributed by atoms with Gasteiger partial charge in [-0.1, -0.05) is 12.1 Å². The summed E-state index contributed by atoms with van der Waals surface area (Å²) in [5.74, 6) is -0.378. The monoisotopic (exact) mass is 348 g/mol. The Hall–Kier alpha value is -2.61. The van der Waals surface area contributed by atoms with E-state index >= 15 is 0 Å². The summed E-state index contributed by atoms with van der Waals surface area (Å²) in [5.41, 5.74) is 7.06. The predicted octanol–water partition coefficient (Wildman–Crippen LogP) is -0.704. The Morgan fingerprint density at radius 2 is 2.20 bits per heavy atom. The van der Waals surface area contributed by atoms with Gasteiger partial charge in [-0.15, -0.1) is 0 Å². The lowest BCUT2D eigenvalue weighted by Gasteiger charge is -2.34. The summed E-state index contributed by atoms with van der Waals surface area (Å²) < 4.78 is 5.26. The van der Waals surface area contributed by atoms with Gasteiger partial charge < -0.3 is 21.1 Å². The lowest BCUT2D eigenvalue weighted by molar-refractivity contribution is -0.134. The number of carbonyl (C=O) groups is 3. The van der Waals surface area contributed by atoms with Crippen molar-refractivity contribution < 1.29 is 19.1 Å². The first-order valence-corrected chi connectivity index (χ1v) is 8.11. The minimum atomic E-state index is -0.619. The van der Waals surface area contributed by atoms with Crippen molar-refractivity contribution in [2.75, 3.05) is 26.7 Å². The van der Waals surface area contributed by atoms with E-state index in [0.29, 0.717) is 19.6 Å². The molecule has 136 valence electrons. The van der Waals surface area contributed by atoms with Crippen LogP contribution in [0.3, 0.4) is 0 Å². The molecule has 0 aliphatic carbocycles. The van der Waals surface area contributed by atoms with Crippen LogP contribution in [0.15, 0.2) is 18.2 Å². The fourth-order valence-corrected chi connectivity index (χ4v) is 2.88. The number of aryl methyl sites for hydroxylation is 1. The molecule has 25 heavy (non-hydrogen) atoms. The van der Waals surface area contributed by atoms with E-state index in [0.717, 1.165) is 16.9 Å². The molecule has 0 spiro atoms. The van der Waals surface area contributed by atoms with Crippen LogP contribution in [0.4, 0.5) is 0 Å². The fourth-order valence-electron chi connectivity index (χ4n) is 2.88. The van der Waals surface area contributed by atoms with Crippen LogP contribution in [-0.2, 0) is 20.9 Å². The number of hydrogen-bond donors (Lipinski definition) is 3. The van der Waals surface area contributed by atoms with Gasteiger partial charge in [-0.2, -0.15) is 0 Å². The number of rotatable bonds is 7. The largest absolute Gasteiger partial charge is 0.496 e. The minimum Gasteiger partial charge on any atom is -0.496 e. The van der Waals surface area contributed by atoms with Gasteiger partial charge in [0.25, 0.3) is 0 Å². The van der Waals surface area contributed by atoms with E-state index in [1.54, 1.807) is 7.11 Å². The minimum absolute atomic E-state index is 0.0196. The number of carbonyl (C=O) groups excluding carboxylic acids is 3. The standard InChI is InChI=1S/C17H24N4O4/c1-11-7-12(3-4-14(11)25-2)10-21-6-5-19-17(24)13(21)8-16(23)20-9-15(18)22/h3-4,7,13H,5-6,8-10H2,1-2H3,(H2,18,22)(H,19,24)(H,20,23)/t13-/m0/s1. The third-order valence-corrected chi connectivity index (χ3v) is 4.13. The zero-order valence-corrected chi connectivity index (χ0v) is 14.5. The first kappa shape index (κ1) is 18.7. The maximum Gasteiger partial charge on any atom is 0.237 e. The second kappa shape index (κ2) is 8.48. The van der Waals surface area contributed by atoms with Gasteiger partial charge in [-0.25, -0.2) is 0 Å². The van der Waals surface area contributed by atoms with Crippen molar-refractivity contribution in [2.45, 2.75) is 25.9 Å². The molecule has 1 fully saturated rings. The van der Waals surface area contributed by atoms with Crippen molar-refractivity contribution in [1.29, 1.82) is 0 Å². The fraction of sp³-hybridized carbons (Fsp3) is 0.471. The summed E-state index contributed by atoms with van der Waals surface area (Å²) in [6, 6.07) is 5.27. The molecule has 0 radical (unpaired) electrons. The Balaban J connectivity index is 2.05. The Labute approximate surface area is 146 Å². The summed E-state index contributed by atoms with van der Waals surface area (Å²) in [5, 5.41) is 5.20. The summed E-state index contributed by atoms with van der Waals surface area (Å²) in [4.78, 5) is 36.9. The van der Waals surface area contributed by atoms with Crippen LogP contribution in [0.25, 0.3) is 0 Å². The lowest BCUT2D eigenvalue weighted by Crippen LogP contribution is -2.56. The van der Waals surface area contributed by atoms with E-state index in [2.05, 4.69) is 10.6 Å². The maximum atomic E-state index is 12.2. The van der Waals surface area contributed by atoms with Crippen molar-refractivity contribution in [3.8, 4) is 5.75 Å². The normalized spacial score (nSPS) is 17.7. The van der Waals surface area contributed by atoms with Gasteiger partial charge in [0.1, 0.15) is 5.75 Å². The molecule has 1 aliphatic rings. The van der Waals surface area contributed by atoms with Gasteiger partial charge in [0.2, 0.25) is 17.7 Å². The average Bonchev–Trinajstić information content (AvgIpc) is 2.56. The predicted molar refractivity (Wildman–Crippen MR) is 91.8 cm³/mol. The zero-order chi connectivity index (χ0) is 18.4. The number of methoxy groups -OCH3 is 1. The van der Waals surface area contributed by atoms with Crippen LogP contribution in [0.2, 0.25) is 0 Å². The van der Waals surface area contributed by atoms with Crippen LogP contribution < -0.4 is 21.1 Å². The molecule has 1 aromatic rings. The maximum absolute atomic E-state index is 12.2. The van der Waals surface area contributed by atoms with Crippen LogP contribution in [0, 0.1) is 6.92 Å². The second-order valence-electron chi connectivity index (χ2n) is 6.03. The summed E-state index contributed by atoms with van der Waals surface area (Å²) >= 11 is 0. The molecule has 8 heteroatoms. The van der Waals surface area contributed by atoms with Crippen molar-refractivity contribution in [3.63, 3.8) is 0 Å². The van der Waals surface area contributed by atoms with E-state index < -0.39 is 11.9 Å². The summed E-state index contributed by atoms with van der Waals surface area (Å²) in [6.45, 7) is 3.45. The van der Waals surface area contributed by atoms with Gasteiger partial charge in [0.05, 0.1) is 26.1 Å². The Bertz CT molecular complexity index is 662. The molecular formula is C17H24N4O4. The van der Waals surface area contributed by atoms with E-state index in [-0.39, 0.29) is 24.8 Å². The third kappa shape index (κ3) is 5.18. The van der Waals surface area contributed by atoms with E-state index in [9.17, 15) is 14.4 Å². The summed E-state index contributed by atoms with van der Waals surface area (Å²) in [7, 11) is 1.62. The van der Waals surface area contributed by atoms with Gasteiger partial charge in [0, 0.05) is 19.6 Å².